The van der Waals surface area contributed by atoms with Crippen LogP contribution in [0.1, 0.15) is 31.9 Å². The Balaban J connectivity index is 2.11. The normalized spacial score (nSPS) is 20.8. The molecule has 0 aromatic heterocycles. The summed E-state index contributed by atoms with van der Waals surface area (Å²) >= 11 is 6.41. The number of halogens is 1. The molecule has 1 fully saturated rings. The lowest BCUT2D eigenvalue weighted by Gasteiger charge is -2.21. The highest BCUT2D eigenvalue weighted by molar-refractivity contribution is 6.33. The van der Waals surface area contributed by atoms with E-state index in [1.807, 2.05) is 0 Å². The van der Waals surface area contributed by atoms with Crippen molar-refractivity contribution >= 4 is 17.3 Å². The molecule has 2 atom stereocenters. The van der Waals surface area contributed by atoms with Crippen LogP contribution in [0.25, 0.3) is 0 Å². The molecule has 1 heterocycles. The second-order valence-corrected chi connectivity index (χ2v) is 5.68. The third-order valence-corrected chi connectivity index (χ3v) is 4.17. The van der Waals surface area contributed by atoms with Crippen molar-refractivity contribution in [3.8, 4) is 0 Å². The van der Waals surface area contributed by atoms with E-state index in [1.165, 1.54) is 5.56 Å². The molecule has 1 aromatic carbocycles. The van der Waals surface area contributed by atoms with Crippen LogP contribution in [0.15, 0.2) is 18.2 Å². The number of hydrogen-bond donors (Lipinski definition) is 2. The Morgan fingerprint density at radius 2 is 2.32 bits per heavy atom. The fourth-order valence-electron chi connectivity index (χ4n) is 2.67. The number of aliphatic hydroxyl groups is 1. The maximum Gasteiger partial charge on any atom is 0.0642 e. The summed E-state index contributed by atoms with van der Waals surface area (Å²) in [5.41, 5.74) is 2.30. The molecular formula is C15H23ClN2O. The Bertz CT molecular complexity index is 425. The predicted octanol–water partition coefficient (Wildman–Crippen LogP) is 2.83. The van der Waals surface area contributed by atoms with Crippen LogP contribution in [0, 0.1) is 5.92 Å². The Hall–Kier alpha value is -0.770. The van der Waals surface area contributed by atoms with Crippen LogP contribution >= 0.6 is 11.6 Å². The minimum atomic E-state index is 0.268. The lowest BCUT2D eigenvalue weighted by atomic mass is 10.1. The van der Waals surface area contributed by atoms with Gasteiger partial charge in [0.2, 0.25) is 0 Å². The van der Waals surface area contributed by atoms with Gasteiger partial charge in [-0.05, 0) is 37.6 Å². The van der Waals surface area contributed by atoms with Gasteiger partial charge in [0, 0.05) is 31.7 Å². The van der Waals surface area contributed by atoms with Crippen LogP contribution in [0.5, 0.6) is 0 Å². The summed E-state index contributed by atoms with van der Waals surface area (Å²) in [6, 6.07) is 6.61. The number of benzene rings is 1. The van der Waals surface area contributed by atoms with Gasteiger partial charge >= 0.3 is 0 Å². The van der Waals surface area contributed by atoms with Crippen LogP contribution in [0.2, 0.25) is 5.02 Å². The molecule has 2 rings (SSSR count). The van der Waals surface area contributed by atoms with E-state index in [0.717, 1.165) is 36.8 Å². The van der Waals surface area contributed by atoms with E-state index >= 15 is 0 Å². The quantitative estimate of drug-likeness (QED) is 0.872. The fourth-order valence-corrected chi connectivity index (χ4v) is 2.98. The first-order valence-electron chi connectivity index (χ1n) is 7.04. The zero-order valence-corrected chi connectivity index (χ0v) is 12.5. The van der Waals surface area contributed by atoms with Gasteiger partial charge < -0.3 is 15.3 Å². The van der Waals surface area contributed by atoms with Crippen molar-refractivity contribution < 1.29 is 5.11 Å². The van der Waals surface area contributed by atoms with Crippen molar-refractivity contribution in [2.45, 2.75) is 26.3 Å². The molecule has 1 aliphatic rings. The molecule has 106 valence electrons. The van der Waals surface area contributed by atoms with Crippen LogP contribution in [-0.2, 0) is 0 Å². The lowest BCUT2D eigenvalue weighted by molar-refractivity contribution is 0.238. The standard InChI is InChI=1S/C15H23ClN2O/c1-3-17-11(2)13-4-5-15(14(16)8-13)18-7-6-12(9-18)10-19/h4-5,8,11-12,17,19H,3,6-7,9-10H2,1-2H3. The molecule has 0 bridgehead atoms. The second kappa shape index (κ2) is 6.60. The molecule has 2 N–H and O–H groups in total. The smallest absolute Gasteiger partial charge is 0.0642 e. The molecule has 0 aliphatic carbocycles. The van der Waals surface area contributed by atoms with Crippen molar-refractivity contribution in [3.05, 3.63) is 28.8 Å². The van der Waals surface area contributed by atoms with Gasteiger partial charge in [0.05, 0.1) is 10.7 Å². The van der Waals surface area contributed by atoms with Gasteiger partial charge in [-0.3, -0.25) is 0 Å². The highest BCUT2D eigenvalue weighted by Gasteiger charge is 2.23. The third kappa shape index (κ3) is 3.41. The van der Waals surface area contributed by atoms with Crippen LogP contribution in [0.3, 0.4) is 0 Å². The van der Waals surface area contributed by atoms with Crippen LogP contribution in [0.4, 0.5) is 5.69 Å². The maximum atomic E-state index is 9.21. The number of anilines is 1. The maximum absolute atomic E-state index is 9.21. The topological polar surface area (TPSA) is 35.5 Å². The summed E-state index contributed by atoms with van der Waals surface area (Å²) < 4.78 is 0. The summed E-state index contributed by atoms with van der Waals surface area (Å²) in [6.07, 6.45) is 1.04. The molecule has 1 aliphatic heterocycles. The highest BCUT2D eigenvalue weighted by atomic mass is 35.5. The van der Waals surface area contributed by atoms with Gasteiger partial charge in [-0.2, -0.15) is 0 Å². The van der Waals surface area contributed by atoms with E-state index in [9.17, 15) is 5.11 Å². The Morgan fingerprint density at radius 3 is 2.89 bits per heavy atom. The Kier molecular flexibility index (Phi) is 5.08. The summed E-state index contributed by atoms with van der Waals surface area (Å²) in [4.78, 5) is 2.27. The molecule has 2 unspecified atom stereocenters. The zero-order chi connectivity index (χ0) is 13.8. The largest absolute Gasteiger partial charge is 0.396 e. The van der Waals surface area contributed by atoms with E-state index in [-0.39, 0.29) is 6.61 Å². The Labute approximate surface area is 120 Å². The first-order chi connectivity index (χ1) is 9.15. The molecule has 1 saturated heterocycles. The van der Waals surface area contributed by atoms with Crippen molar-refractivity contribution in [1.29, 1.82) is 0 Å². The summed E-state index contributed by atoms with van der Waals surface area (Å²) in [7, 11) is 0. The molecule has 3 nitrogen and oxygen atoms in total. The second-order valence-electron chi connectivity index (χ2n) is 5.27. The average molecular weight is 283 g/mol. The van der Waals surface area contributed by atoms with Crippen molar-refractivity contribution in [1.82, 2.24) is 5.32 Å². The molecule has 0 spiro atoms. The van der Waals surface area contributed by atoms with E-state index in [1.54, 1.807) is 0 Å². The van der Waals surface area contributed by atoms with E-state index in [2.05, 4.69) is 42.3 Å². The van der Waals surface area contributed by atoms with Gasteiger partial charge in [-0.15, -0.1) is 0 Å². The summed E-state index contributed by atoms with van der Waals surface area (Å²) in [5.74, 6) is 0.386. The first-order valence-corrected chi connectivity index (χ1v) is 7.42. The van der Waals surface area contributed by atoms with Crippen molar-refractivity contribution in [3.63, 3.8) is 0 Å². The molecule has 19 heavy (non-hydrogen) atoms. The van der Waals surface area contributed by atoms with Gasteiger partial charge in [-0.25, -0.2) is 0 Å². The van der Waals surface area contributed by atoms with Gasteiger partial charge in [0.25, 0.3) is 0 Å². The van der Waals surface area contributed by atoms with Crippen molar-refractivity contribution in [2.75, 3.05) is 31.1 Å². The monoisotopic (exact) mass is 282 g/mol. The molecule has 0 amide bonds. The van der Waals surface area contributed by atoms with E-state index in [4.69, 9.17) is 11.6 Å². The number of nitrogens with one attached hydrogen (secondary N) is 1. The lowest BCUT2D eigenvalue weighted by Crippen LogP contribution is -2.21. The highest BCUT2D eigenvalue weighted by Crippen LogP contribution is 2.32. The van der Waals surface area contributed by atoms with Gasteiger partial charge in [0.1, 0.15) is 0 Å². The van der Waals surface area contributed by atoms with Gasteiger partial charge in [-0.1, -0.05) is 24.6 Å². The van der Waals surface area contributed by atoms with Crippen LogP contribution < -0.4 is 10.2 Å². The van der Waals surface area contributed by atoms with E-state index in [0.29, 0.717) is 12.0 Å². The molecule has 1 aromatic rings. The molecule has 4 heteroatoms. The van der Waals surface area contributed by atoms with Crippen molar-refractivity contribution in [2.24, 2.45) is 5.92 Å². The predicted molar refractivity (Wildman–Crippen MR) is 80.9 cm³/mol. The fraction of sp³-hybridized carbons (Fsp3) is 0.600. The number of nitrogens with zero attached hydrogens (tertiary/aromatic N) is 1. The van der Waals surface area contributed by atoms with E-state index < -0.39 is 0 Å². The Morgan fingerprint density at radius 1 is 1.53 bits per heavy atom. The summed E-state index contributed by atoms with van der Waals surface area (Å²) in [6.45, 7) is 7.35. The van der Waals surface area contributed by atoms with Crippen LogP contribution in [-0.4, -0.2) is 31.3 Å². The molecule has 0 saturated carbocycles. The third-order valence-electron chi connectivity index (χ3n) is 3.87. The SMILES string of the molecule is CCNC(C)c1ccc(N2CCC(CO)C2)c(Cl)c1. The first kappa shape index (κ1) is 14.6. The minimum absolute atomic E-state index is 0.268. The average Bonchev–Trinajstić information content (AvgIpc) is 2.87. The summed E-state index contributed by atoms with van der Waals surface area (Å²) in [5, 5.41) is 13.4. The number of aliphatic hydroxyl groups excluding tert-OH is 1. The van der Waals surface area contributed by atoms with Gasteiger partial charge in [0.15, 0.2) is 0 Å². The molecular weight excluding hydrogens is 260 g/mol. The number of rotatable bonds is 5. The minimum Gasteiger partial charge on any atom is -0.396 e. The zero-order valence-electron chi connectivity index (χ0n) is 11.7. The number of hydrogen-bond acceptors (Lipinski definition) is 3. The molecule has 0 radical (unpaired) electrons.